The molecule has 4 nitrogen and oxygen atoms in total. The molecule has 0 aliphatic heterocycles. The van der Waals surface area contributed by atoms with Gasteiger partial charge in [0.25, 0.3) is 0 Å². The number of halogens is 1. The van der Waals surface area contributed by atoms with Gasteiger partial charge in [-0.15, -0.1) is 0 Å². The summed E-state index contributed by atoms with van der Waals surface area (Å²) in [7, 11) is 1.28. The summed E-state index contributed by atoms with van der Waals surface area (Å²) in [4.78, 5) is 11.5. The summed E-state index contributed by atoms with van der Waals surface area (Å²) in [6.07, 6.45) is 3.12. The number of hydrogen-bond acceptors (Lipinski definition) is 4. The van der Waals surface area contributed by atoms with E-state index in [0.29, 0.717) is 17.8 Å². The zero-order chi connectivity index (χ0) is 13.0. The molecule has 18 heavy (non-hydrogen) atoms. The Morgan fingerprint density at radius 3 is 2.94 bits per heavy atom. The van der Waals surface area contributed by atoms with Gasteiger partial charge >= 0.3 is 5.97 Å². The van der Waals surface area contributed by atoms with E-state index >= 15 is 0 Å². The van der Waals surface area contributed by atoms with E-state index in [4.69, 9.17) is 4.42 Å². The summed E-state index contributed by atoms with van der Waals surface area (Å²) in [6.45, 7) is 0.434. The number of furan rings is 1. The van der Waals surface area contributed by atoms with Crippen LogP contribution in [0.1, 0.15) is 15.9 Å². The minimum atomic E-state index is -0.510. The number of carbonyl (C=O) groups excluding carboxylic acids is 1. The Labute approximate surface area is 103 Å². The molecule has 1 N–H and O–H groups in total. The predicted molar refractivity (Wildman–Crippen MR) is 63.8 cm³/mol. The van der Waals surface area contributed by atoms with Gasteiger partial charge in [-0.2, -0.15) is 0 Å². The summed E-state index contributed by atoms with van der Waals surface area (Å²) in [5.41, 5.74) is 1.58. The second-order valence-corrected chi connectivity index (χ2v) is 3.67. The monoisotopic (exact) mass is 249 g/mol. The number of hydrogen-bond donors (Lipinski definition) is 1. The molecule has 2 aromatic rings. The Morgan fingerprint density at radius 2 is 2.28 bits per heavy atom. The van der Waals surface area contributed by atoms with Gasteiger partial charge in [0.05, 0.1) is 30.9 Å². The maximum Gasteiger partial charge on any atom is 0.339 e. The Morgan fingerprint density at radius 1 is 1.44 bits per heavy atom. The fraction of sp³-hybridized carbons (Fsp3) is 0.154. The highest BCUT2D eigenvalue weighted by atomic mass is 19.1. The summed E-state index contributed by atoms with van der Waals surface area (Å²) < 4.78 is 22.7. The third-order valence-corrected chi connectivity index (χ3v) is 2.45. The zero-order valence-corrected chi connectivity index (χ0v) is 9.77. The number of anilines is 1. The van der Waals surface area contributed by atoms with Crippen molar-refractivity contribution < 1.29 is 18.3 Å². The number of esters is 1. The predicted octanol–water partition coefficient (Wildman–Crippen LogP) is 2.82. The number of benzene rings is 1. The quantitative estimate of drug-likeness (QED) is 0.846. The molecule has 2 rings (SSSR count). The van der Waals surface area contributed by atoms with Gasteiger partial charge in [0.2, 0.25) is 0 Å². The molecule has 0 radical (unpaired) electrons. The van der Waals surface area contributed by atoms with Crippen LogP contribution in [0.15, 0.2) is 41.2 Å². The summed E-state index contributed by atoms with van der Waals surface area (Å²) in [5.74, 6) is -0.929. The van der Waals surface area contributed by atoms with E-state index < -0.39 is 11.8 Å². The Balaban J connectivity index is 2.19. The van der Waals surface area contributed by atoms with Gasteiger partial charge in [-0.25, -0.2) is 9.18 Å². The van der Waals surface area contributed by atoms with Gasteiger partial charge in [0.1, 0.15) is 5.82 Å². The molecule has 1 heterocycles. The normalized spacial score (nSPS) is 10.1. The second kappa shape index (κ2) is 5.35. The van der Waals surface area contributed by atoms with Gasteiger partial charge in [-0.05, 0) is 24.3 Å². The van der Waals surface area contributed by atoms with Gasteiger partial charge in [0.15, 0.2) is 0 Å². The fourth-order valence-corrected chi connectivity index (χ4v) is 1.54. The largest absolute Gasteiger partial charge is 0.472 e. The molecule has 0 amide bonds. The first-order valence-corrected chi connectivity index (χ1v) is 5.33. The molecule has 0 fully saturated rings. The number of methoxy groups -OCH3 is 1. The standard InChI is InChI=1S/C13H12FNO3/c1-17-13(16)11-3-2-10(14)6-12(11)15-7-9-4-5-18-8-9/h2-6,8,15H,7H2,1H3. The van der Waals surface area contributed by atoms with Gasteiger partial charge in [0, 0.05) is 12.1 Å². The molecular weight excluding hydrogens is 237 g/mol. The lowest BCUT2D eigenvalue weighted by atomic mass is 10.1. The molecule has 0 saturated heterocycles. The number of carbonyl (C=O) groups is 1. The molecule has 5 heteroatoms. The smallest absolute Gasteiger partial charge is 0.339 e. The number of nitrogens with one attached hydrogen (secondary N) is 1. The molecule has 1 aromatic carbocycles. The van der Waals surface area contributed by atoms with Crippen LogP contribution in [-0.4, -0.2) is 13.1 Å². The van der Waals surface area contributed by atoms with Crippen LogP contribution in [0, 0.1) is 5.82 Å². The van der Waals surface area contributed by atoms with Crippen LogP contribution in [0.2, 0.25) is 0 Å². The van der Waals surface area contributed by atoms with Crippen LogP contribution >= 0.6 is 0 Å². The maximum atomic E-state index is 13.2. The zero-order valence-electron chi connectivity index (χ0n) is 9.77. The first-order valence-electron chi connectivity index (χ1n) is 5.33. The molecule has 1 aromatic heterocycles. The summed E-state index contributed by atoms with van der Waals surface area (Å²) in [5, 5.41) is 2.97. The molecule has 0 unspecified atom stereocenters. The topological polar surface area (TPSA) is 51.5 Å². The van der Waals surface area contributed by atoms with E-state index in [-0.39, 0.29) is 0 Å². The highest BCUT2D eigenvalue weighted by molar-refractivity contribution is 5.95. The summed E-state index contributed by atoms with van der Waals surface area (Å²) in [6, 6.07) is 5.64. The van der Waals surface area contributed by atoms with Crippen molar-refractivity contribution in [3.8, 4) is 0 Å². The van der Waals surface area contributed by atoms with E-state index in [1.54, 1.807) is 18.6 Å². The Hall–Kier alpha value is -2.30. The minimum absolute atomic E-state index is 0.294. The van der Waals surface area contributed by atoms with Crippen molar-refractivity contribution in [1.82, 2.24) is 0 Å². The lowest BCUT2D eigenvalue weighted by molar-refractivity contribution is 0.0602. The molecule has 0 aliphatic rings. The van der Waals surface area contributed by atoms with E-state index in [9.17, 15) is 9.18 Å². The van der Waals surface area contributed by atoms with Crippen LogP contribution in [0.4, 0.5) is 10.1 Å². The molecule has 0 bridgehead atoms. The third-order valence-electron chi connectivity index (χ3n) is 2.45. The van der Waals surface area contributed by atoms with Crippen LogP contribution in [0.3, 0.4) is 0 Å². The van der Waals surface area contributed by atoms with Crippen LogP contribution in [0.5, 0.6) is 0 Å². The third kappa shape index (κ3) is 2.68. The number of rotatable bonds is 4. The van der Waals surface area contributed by atoms with Crippen molar-refractivity contribution in [2.75, 3.05) is 12.4 Å². The summed E-state index contributed by atoms with van der Waals surface area (Å²) >= 11 is 0. The van der Waals surface area contributed by atoms with Gasteiger partial charge in [-0.3, -0.25) is 0 Å². The molecule has 0 spiro atoms. The molecule has 94 valence electrons. The molecule has 0 saturated carbocycles. The van der Waals surface area contributed by atoms with E-state index in [2.05, 4.69) is 10.1 Å². The first kappa shape index (κ1) is 12.2. The lowest BCUT2D eigenvalue weighted by Crippen LogP contribution is -2.08. The van der Waals surface area contributed by atoms with E-state index in [1.165, 1.54) is 25.3 Å². The van der Waals surface area contributed by atoms with Crippen molar-refractivity contribution in [3.63, 3.8) is 0 Å². The first-order chi connectivity index (χ1) is 8.70. The molecular formula is C13H12FNO3. The van der Waals surface area contributed by atoms with Crippen molar-refractivity contribution in [2.24, 2.45) is 0 Å². The van der Waals surface area contributed by atoms with Crippen molar-refractivity contribution in [3.05, 3.63) is 53.7 Å². The lowest BCUT2D eigenvalue weighted by Gasteiger charge is -2.10. The van der Waals surface area contributed by atoms with Crippen LogP contribution in [-0.2, 0) is 11.3 Å². The average Bonchev–Trinajstić information content (AvgIpc) is 2.88. The van der Waals surface area contributed by atoms with Gasteiger partial charge in [-0.1, -0.05) is 0 Å². The number of ether oxygens (including phenoxy) is 1. The SMILES string of the molecule is COC(=O)c1ccc(F)cc1NCc1ccoc1. The van der Waals surface area contributed by atoms with Crippen LogP contribution < -0.4 is 5.32 Å². The maximum absolute atomic E-state index is 13.2. The average molecular weight is 249 g/mol. The fourth-order valence-electron chi connectivity index (χ4n) is 1.54. The highest BCUT2D eigenvalue weighted by Gasteiger charge is 2.12. The van der Waals surface area contributed by atoms with E-state index in [0.717, 1.165) is 5.56 Å². The van der Waals surface area contributed by atoms with Crippen LogP contribution in [0.25, 0.3) is 0 Å². The van der Waals surface area contributed by atoms with Crippen molar-refractivity contribution in [1.29, 1.82) is 0 Å². The molecule has 0 aliphatic carbocycles. The van der Waals surface area contributed by atoms with Crippen molar-refractivity contribution >= 4 is 11.7 Å². The molecule has 0 atom stereocenters. The minimum Gasteiger partial charge on any atom is -0.472 e. The second-order valence-electron chi connectivity index (χ2n) is 3.67. The Kier molecular flexibility index (Phi) is 3.62. The Bertz CT molecular complexity index is 537. The van der Waals surface area contributed by atoms with Crippen molar-refractivity contribution in [2.45, 2.75) is 6.54 Å². The van der Waals surface area contributed by atoms with Gasteiger partial charge < -0.3 is 14.5 Å². The highest BCUT2D eigenvalue weighted by Crippen LogP contribution is 2.19. The van der Waals surface area contributed by atoms with E-state index in [1.807, 2.05) is 0 Å².